The van der Waals surface area contributed by atoms with Gasteiger partial charge in [0.15, 0.2) is 0 Å². The monoisotopic (exact) mass is 382 g/mol. The van der Waals surface area contributed by atoms with Gasteiger partial charge in [0, 0.05) is 19.5 Å². The van der Waals surface area contributed by atoms with E-state index in [4.69, 9.17) is 5.11 Å². The van der Waals surface area contributed by atoms with Crippen LogP contribution in [0.4, 0.5) is 0 Å². The minimum absolute atomic E-state index is 0.0800. The van der Waals surface area contributed by atoms with E-state index >= 15 is 0 Å². The van der Waals surface area contributed by atoms with E-state index in [1.165, 1.54) is 5.56 Å². The first kappa shape index (κ1) is 18.7. The summed E-state index contributed by atoms with van der Waals surface area (Å²) >= 11 is 0. The second kappa shape index (κ2) is 8.14. The zero-order valence-electron chi connectivity index (χ0n) is 16.0. The highest BCUT2D eigenvalue weighted by molar-refractivity contribution is 5.78. The fraction of sp³-hybridized carbons (Fsp3) is 0.476. The summed E-state index contributed by atoms with van der Waals surface area (Å²) in [4.78, 5) is 27.7. The van der Waals surface area contributed by atoms with Crippen LogP contribution in [-0.4, -0.2) is 62.7 Å². The van der Waals surface area contributed by atoms with Crippen LogP contribution in [0.15, 0.2) is 36.4 Å². The smallest absolute Gasteiger partial charge is 0.303 e. The number of fused-ring (bicyclic) bond motifs is 1. The summed E-state index contributed by atoms with van der Waals surface area (Å²) < 4.78 is 1.91. The number of hydrogen-bond donors (Lipinski definition) is 1. The van der Waals surface area contributed by atoms with Crippen LogP contribution in [0.3, 0.4) is 0 Å². The van der Waals surface area contributed by atoms with Crippen LogP contribution < -0.4 is 0 Å². The van der Waals surface area contributed by atoms with Gasteiger partial charge in [0.05, 0.1) is 37.4 Å². The Balaban J connectivity index is 1.31. The molecule has 2 aliphatic rings. The summed E-state index contributed by atoms with van der Waals surface area (Å²) in [6.45, 7) is 4.22. The molecule has 0 aliphatic carbocycles. The molecule has 3 heterocycles. The number of carboxylic acid groups (broad SMARTS) is 1. The molecule has 1 fully saturated rings. The normalized spacial score (nSPS) is 19.6. The molecule has 2 aromatic rings. The van der Waals surface area contributed by atoms with E-state index in [1.54, 1.807) is 0 Å². The molecule has 2 aliphatic heterocycles. The Morgan fingerprint density at radius 2 is 1.96 bits per heavy atom. The molecule has 0 bridgehead atoms. The number of carbonyl (C=O) groups excluding carboxylic acids is 1. The SMILES string of the molecule is O=C(O)CCc1cc2n(n1)CCN(C(=O)CN1CC[C@H](c3ccccc3)C1)C2. The van der Waals surface area contributed by atoms with Gasteiger partial charge >= 0.3 is 5.97 Å². The number of aryl methyl sites for hydroxylation is 1. The number of benzene rings is 1. The molecule has 4 rings (SSSR count). The zero-order chi connectivity index (χ0) is 19.5. The lowest BCUT2D eigenvalue weighted by Crippen LogP contribution is -2.43. The number of aliphatic carboxylic acids is 1. The van der Waals surface area contributed by atoms with Crippen LogP contribution in [0.2, 0.25) is 0 Å². The number of carbonyl (C=O) groups is 2. The molecule has 0 saturated carbocycles. The highest BCUT2D eigenvalue weighted by Crippen LogP contribution is 2.27. The van der Waals surface area contributed by atoms with E-state index in [1.807, 2.05) is 21.7 Å². The molecule has 1 saturated heterocycles. The van der Waals surface area contributed by atoms with Crippen molar-refractivity contribution in [3.05, 3.63) is 53.3 Å². The van der Waals surface area contributed by atoms with E-state index in [-0.39, 0.29) is 12.3 Å². The predicted octanol–water partition coefficient (Wildman–Crippen LogP) is 1.73. The third-order valence-electron chi connectivity index (χ3n) is 5.70. The quantitative estimate of drug-likeness (QED) is 0.823. The van der Waals surface area contributed by atoms with Gasteiger partial charge in [-0.2, -0.15) is 5.10 Å². The van der Waals surface area contributed by atoms with Crippen molar-refractivity contribution in [2.45, 2.75) is 38.3 Å². The molecule has 1 N–H and O–H groups in total. The van der Waals surface area contributed by atoms with Crippen LogP contribution in [-0.2, 0) is 29.1 Å². The molecule has 0 spiro atoms. The summed E-state index contributed by atoms with van der Waals surface area (Å²) in [5.74, 6) is -0.149. The van der Waals surface area contributed by atoms with E-state index in [0.717, 1.165) is 30.9 Å². The van der Waals surface area contributed by atoms with Crippen molar-refractivity contribution in [2.75, 3.05) is 26.2 Å². The third-order valence-corrected chi connectivity index (χ3v) is 5.70. The van der Waals surface area contributed by atoms with Gasteiger partial charge in [0.1, 0.15) is 0 Å². The Morgan fingerprint density at radius 1 is 1.14 bits per heavy atom. The largest absolute Gasteiger partial charge is 0.481 e. The Morgan fingerprint density at radius 3 is 2.75 bits per heavy atom. The average molecular weight is 382 g/mol. The van der Waals surface area contributed by atoms with Gasteiger partial charge in [-0.05, 0) is 30.5 Å². The number of carboxylic acids is 1. The fourth-order valence-corrected chi connectivity index (χ4v) is 4.16. The standard InChI is InChI=1S/C21H26N4O3/c26-20(15-23-9-8-17(13-23)16-4-2-1-3-5-16)24-10-11-25-19(14-24)12-18(22-25)6-7-21(27)28/h1-5,12,17H,6-11,13-15H2,(H,27,28)/t17-/m0/s1. The predicted molar refractivity (Wildman–Crippen MR) is 104 cm³/mol. The topological polar surface area (TPSA) is 78.7 Å². The minimum Gasteiger partial charge on any atom is -0.481 e. The minimum atomic E-state index is -0.817. The molecule has 0 unspecified atom stereocenters. The Labute approximate surface area is 164 Å². The lowest BCUT2D eigenvalue weighted by molar-refractivity contribution is -0.137. The second-order valence-corrected chi connectivity index (χ2v) is 7.69. The molecule has 1 aromatic heterocycles. The van der Waals surface area contributed by atoms with Crippen LogP contribution in [0.25, 0.3) is 0 Å². The van der Waals surface area contributed by atoms with Crippen molar-refractivity contribution in [1.29, 1.82) is 0 Å². The van der Waals surface area contributed by atoms with Crippen LogP contribution in [0, 0.1) is 0 Å². The maximum Gasteiger partial charge on any atom is 0.303 e. The number of rotatable bonds is 6. The van der Waals surface area contributed by atoms with Crippen molar-refractivity contribution >= 4 is 11.9 Å². The van der Waals surface area contributed by atoms with Gasteiger partial charge in [-0.3, -0.25) is 19.2 Å². The molecule has 1 amide bonds. The highest BCUT2D eigenvalue weighted by atomic mass is 16.4. The van der Waals surface area contributed by atoms with Crippen LogP contribution >= 0.6 is 0 Å². The van der Waals surface area contributed by atoms with Gasteiger partial charge in [-0.15, -0.1) is 0 Å². The van der Waals surface area contributed by atoms with Crippen LogP contribution in [0.5, 0.6) is 0 Å². The van der Waals surface area contributed by atoms with Gasteiger partial charge in [-0.1, -0.05) is 30.3 Å². The first-order valence-corrected chi connectivity index (χ1v) is 9.91. The van der Waals surface area contributed by atoms with Crippen molar-refractivity contribution in [3.63, 3.8) is 0 Å². The molecule has 7 nitrogen and oxygen atoms in total. The number of nitrogens with zero attached hydrogens (tertiary/aromatic N) is 4. The van der Waals surface area contributed by atoms with Gasteiger partial charge in [0.25, 0.3) is 0 Å². The molecule has 148 valence electrons. The summed E-state index contributed by atoms with van der Waals surface area (Å²) in [5.41, 5.74) is 3.13. The second-order valence-electron chi connectivity index (χ2n) is 7.69. The Hall–Kier alpha value is -2.67. The summed E-state index contributed by atoms with van der Waals surface area (Å²) in [5, 5.41) is 13.3. The van der Waals surface area contributed by atoms with Gasteiger partial charge in [-0.25, -0.2) is 0 Å². The van der Waals surface area contributed by atoms with E-state index in [9.17, 15) is 9.59 Å². The zero-order valence-corrected chi connectivity index (χ0v) is 16.0. The van der Waals surface area contributed by atoms with Crippen molar-refractivity contribution in [1.82, 2.24) is 19.6 Å². The van der Waals surface area contributed by atoms with E-state index in [0.29, 0.717) is 38.5 Å². The summed E-state index contributed by atoms with van der Waals surface area (Å²) in [6, 6.07) is 12.5. The Bertz CT molecular complexity index is 849. The summed E-state index contributed by atoms with van der Waals surface area (Å²) in [7, 11) is 0. The average Bonchev–Trinajstić information content (AvgIpc) is 3.33. The first-order chi connectivity index (χ1) is 13.6. The third kappa shape index (κ3) is 4.25. The maximum atomic E-state index is 12.8. The maximum absolute atomic E-state index is 12.8. The van der Waals surface area contributed by atoms with Crippen LogP contribution in [0.1, 0.15) is 35.7 Å². The van der Waals surface area contributed by atoms with E-state index in [2.05, 4.69) is 34.3 Å². The fourth-order valence-electron chi connectivity index (χ4n) is 4.16. The molecular formula is C21H26N4O3. The van der Waals surface area contributed by atoms with Crippen molar-refractivity contribution < 1.29 is 14.7 Å². The number of aromatic nitrogens is 2. The molecule has 7 heteroatoms. The molecule has 1 atom stereocenters. The van der Waals surface area contributed by atoms with E-state index < -0.39 is 5.97 Å². The molecule has 0 radical (unpaired) electrons. The number of likely N-dealkylation sites (tertiary alicyclic amines) is 1. The lowest BCUT2D eigenvalue weighted by Gasteiger charge is -2.29. The van der Waals surface area contributed by atoms with Gasteiger partial charge in [0.2, 0.25) is 5.91 Å². The summed E-state index contributed by atoms with van der Waals surface area (Å²) in [6.07, 6.45) is 1.60. The Kier molecular flexibility index (Phi) is 5.43. The van der Waals surface area contributed by atoms with Gasteiger partial charge < -0.3 is 10.0 Å². The molecule has 1 aromatic carbocycles. The molecular weight excluding hydrogens is 356 g/mol. The first-order valence-electron chi connectivity index (χ1n) is 9.91. The number of amides is 1. The van der Waals surface area contributed by atoms with Crippen molar-refractivity contribution in [2.24, 2.45) is 0 Å². The lowest BCUT2D eigenvalue weighted by atomic mass is 9.99. The molecule has 28 heavy (non-hydrogen) atoms. The highest BCUT2D eigenvalue weighted by Gasteiger charge is 2.28. The number of hydrogen-bond acceptors (Lipinski definition) is 4. The van der Waals surface area contributed by atoms with Crippen molar-refractivity contribution in [3.8, 4) is 0 Å².